The average molecular weight is 245 g/mol. The van der Waals surface area contributed by atoms with Gasteiger partial charge in [-0.2, -0.15) is 0 Å². The Morgan fingerprint density at radius 1 is 1.62 bits per heavy atom. The van der Waals surface area contributed by atoms with Gasteiger partial charge in [-0.25, -0.2) is 4.79 Å². The first-order chi connectivity index (χ1) is 6.20. The molecule has 1 N–H and O–H groups in total. The summed E-state index contributed by atoms with van der Waals surface area (Å²) in [6.07, 6.45) is 0. The zero-order chi connectivity index (χ0) is 9.84. The molecule has 0 saturated heterocycles. The monoisotopic (exact) mass is 244 g/mol. The van der Waals surface area contributed by atoms with Crippen LogP contribution >= 0.6 is 15.9 Å². The lowest BCUT2D eigenvalue weighted by Gasteiger charge is -2.07. The zero-order valence-corrected chi connectivity index (χ0v) is 8.67. The summed E-state index contributed by atoms with van der Waals surface area (Å²) >= 11 is 3.22. The number of methoxy groups -OCH3 is 1. The summed E-state index contributed by atoms with van der Waals surface area (Å²) in [5.41, 5.74) is 0.939. The highest BCUT2D eigenvalue weighted by atomic mass is 79.9. The number of carboxylic acids is 1. The number of aromatic carboxylic acids is 1. The number of carbonyl (C=O) groups is 1. The molecule has 0 heterocycles. The SMILES string of the molecule is COc1cccc(CBr)c1C(=O)O. The smallest absolute Gasteiger partial charge is 0.339 e. The van der Waals surface area contributed by atoms with Crippen LogP contribution in [0, 0.1) is 0 Å². The Balaban J connectivity index is 3.29. The van der Waals surface area contributed by atoms with E-state index >= 15 is 0 Å². The molecule has 1 aromatic carbocycles. The van der Waals surface area contributed by atoms with Crippen molar-refractivity contribution in [3.63, 3.8) is 0 Å². The summed E-state index contributed by atoms with van der Waals surface area (Å²) < 4.78 is 4.95. The Morgan fingerprint density at radius 3 is 2.77 bits per heavy atom. The third-order valence-electron chi connectivity index (χ3n) is 1.69. The maximum atomic E-state index is 10.9. The van der Waals surface area contributed by atoms with E-state index in [1.165, 1.54) is 7.11 Å². The Kier molecular flexibility index (Phi) is 3.31. The summed E-state index contributed by atoms with van der Waals surface area (Å²) in [6.45, 7) is 0. The normalized spacial score (nSPS) is 9.69. The largest absolute Gasteiger partial charge is 0.496 e. The van der Waals surface area contributed by atoms with Crippen molar-refractivity contribution in [2.45, 2.75) is 5.33 Å². The molecule has 0 radical (unpaired) electrons. The van der Waals surface area contributed by atoms with E-state index in [9.17, 15) is 4.79 Å². The van der Waals surface area contributed by atoms with E-state index in [4.69, 9.17) is 9.84 Å². The molecule has 1 aromatic rings. The summed E-state index contributed by atoms with van der Waals surface area (Å²) in [5, 5.41) is 9.41. The van der Waals surface area contributed by atoms with Crippen LogP contribution in [0.5, 0.6) is 5.75 Å². The second-order valence-electron chi connectivity index (χ2n) is 2.43. The van der Waals surface area contributed by atoms with E-state index < -0.39 is 5.97 Å². The second kappa shape index (κ2) is 4.28. The lowest BCUT2D eigenvalue weighted by molar-refractivity contribution is 0.0692. The van der Waals surface area contributed by atoms with Gasteiger partial charge < -0.3 is 9.84 Å². The van der Waals surface area contributed by atoms with Crippen LogP contribution in [0.1, 0.15) is 15.9 Å². The summed E-state index contributed by atoms with van der Waals surface area (Å²) in [6, 6.07) is 5.15. The highest BCUT2D eigenvalue weighted by molar-refractivity contribution is 9.08. The van der Waals surface area contributed by atoms with Crippen molar-refractivity contribution < 1.29 is 14.6 Å². The van der Waals surface area contributed by atoms with Crippen molar-refractivity contribution >= 4 is 21.9 Å². The van der Waals surface area contributed by atoms with Crippen LogP contribution in [0.25, 0.3) is 0 Å². The van der Waals surface area contributed by atoms with E-state index in [1.54, 1.807) is 18.2 Å². The molecule has 0 aromatic heterocycles. The van der Waals surface area contributed by atoms with Crippen molar-refractivity contribution in [1.82, 2.24) is 0 Å². The molecule has 0 spiro atoms. The summed E-state index contributed by atoms with van der Waals surface area (Å²) in [7, 11) is 1.46. The minimum atomic E-state index is -0.966. The topological polar surface area (TPSA) is 46.5 Å². The van der Waals surface area contributed by atoms with Crippen LogP contribution in [0.3, 0.4) is 0 Å². The maximum absolute atomic E-state index is 10.9. The number of rotatable bonds is 3. The molecule has 0 saturated carbocycles. The third-order valence-corrected chi connectivity index (χ3v) is 2.29. The molecule has 4 heteroatoms. The second-order valence-corrected chi connectivity index (χ2v) is 2.99. The molecule has 0 bridgehead atoms. The van der Waals surface area contributed by atoms with Gasteiger partial charge in [0.2, 0.25) is 0 Å². The highest BCUT2D eigenvalue weighted by Gasteiger charge is 2.14. The van der Waals surface area contributed by atoms with Crippen molar-refractivity contribution in [3.05, 3.63) is 29.3 Å². The van der Waals surface area contributed by atoms with Crippen molar-refractivity contribution in [2.75, 3.05) is 7.11 Å². The molecule has 0 aliphatic carbocycles. The van der Waals surface area contributed by atoms with E-state index in [0.717, 1.165) is 0 Å². The molecule has 1 rings (SSSR count). The number of halogens is 1. The quantitative estimate of drug-likeness (QED) is 0.831. The third kappa shape index (κ3) is 2.01. The van der Waals surface area contributed by atoms with Crippen molar-refractivity contribution in [1.29, 1.82) is 0 Å². The Bertz CT molecular complexity index is 300. The lowest BCUT2D eigenvalue weighted by Crippen LogP contribution is -2.04. The zero-order valence-electron chi connectivity index (χ0n) is 7.08. The predicted molar refractivity (Wildman–Crippen MR) is 52.6 cm³/mol. The van der Waals surface area contributed by atoms with Crippen LogP contribution in [0.15, 0.2) is 18.2 Å². The van der Waals surface area contributed by atoms with Gasteiger partial charge in [-0.05, 0) is 11.6 Å². The highest BCUT2D eigenvalue weighted by Crippen LogP contribution is 2.23. The van der Waals surface area contributed by atoms with Crippen LogP contribution in [0.4, 0.5) is 0 Å². The Hall–Kier alpha value is -1.03. The molecule has 0 aliphatic rings. The van der Waals surface area contributed by atoms with Gasteiger partial charge in [0.25, 0.3) is 0 Å². The molecule has 13 heavy (non-hydrogen) atoms. The van der Waals surface area contributed by atoms with Gasteiger partial charge in [0.05, 0.1) is 7.11 Å². The van der Waals surface area contributed by atoms with Gasteiger partial charge in [0.15, 0.2) is 0 Å². The van der Waals surface area contributed by atoms with Crippen molar-refractivity contribution in [3.8, 4) is 5.75 Å². The van der Waals surface area contributed by atoms with E-state index in [1.807, 2.05) is 0 Å². The number of hydrogen-bond donors (Lipinski definition) is 1. The van der Waals surface area contributed by atoms with Gasteiger partial charge in [0.1, 0.15) is 11.3 Å². The predicted octanol–water partition coefficient (Wildman–Crippen LogP) is 2.29. The van der Waals surface area contributed by atoms with Crippen LogP contribution in [-0.4, -0.2) is 18.2 Å². The molecular weight excluding hydrogens is 236 g/mol. The Labute approximate surface area is 84.5 Å². The fourth-order valence-electron chi connectivity index (χ4n) is 1.10. The fraction of sp³-hybridized carbons (Fsp3) is 0.222. The van der Waals surface area contributed by atoms with Crippen LogP contribution in [0.2, 0.25) is 0 Å². The molecule has 0 atom stereocenters. The molecule has 0 unspecified atom stereocenters. The first-order valence-corrected chi connectivity index (χ1v) is 4.78. The molecular formula is C9H9BrO3. The summed E-state index contributed by atoms with van der Waals surface area (Å²) in [4.78, 5) is 10.9. The molecule has 70 valence electrons. The summed E-state index contributed by atoms with van der Waals surface area (Å²) in [5.74, 6) is -0.573. The van der Waals surface area contributed by atoms with E-state index in [-0.39, 0.29) is 5.56 Å². The van der Waals surface area contributed by atoms with Crippen molar-refractivity contribution in [2.24, 2.45) is 0 Å². The minimum Gasteiger partial charge on any atom is -0.496 e. The number of ether oxygens (including phenoxy) is 1. The first kappa shape index (κ1) is 10.1. The molecule has 0 aliphatic heterocycles. The van der Waals surface area contributed by atoms with Gasteiger partial charge in [-0.3, -0.25) is 0 Å². The Morgan fingerprint density at radius 2 is 2.31 bits per heavy atom. The van der Waals surface area contributed by atoms with Crippen LogP contribution < -0.4 is 4.74 Å². The van der Waals surface area contributed by atoms with Gasteiger partial charge >= 0.3 is 5.97 Å². The number of carboxylic acid groups (broad SMARTS) is 1. The molecule has 0 fully saturated rings. The van der Waals surface area contributed by atoms with Crippen LogP contribution in [-0.2, 0) is 5.33 Å². The maximum Gasteiger partial charge on any atom is 0.339 e. The van der Waals surface area contributed by atoms with E-state index in [2.05, 4.69) is 15.9 Å². The molecule has 3 nitrogen and oxygen atoms in total. The number of hydrogen-bond acceptors (Lipinski definition) is 2. The molecule has 0 amide bonds. The first-order valence-electron chi connectivity index (χ1n) is 3.65. The van der Waals surface area contributed by atoms with Gasteiger partial charge in [-0.1, -0.05) is 28.1 Å². The number of alkyl halides is 1. The lowest BCUT2D eigenvalue weighted by atomic mass is 10.1. The standard InChI is InChI=1S/C9H9BrO3/c1-13-7-4-2-3-6(5-10)8(7)9(11)12/h2-4H,5H2,1H3,(H,11,12). The van der Waals surface area contributed by atoms with Gasteiger partial charge in [-0.15, -0.1) is 0 Å². The van der Waals surface area contributed by atoms with E-state index in [0.29, 0.717) is 16.6 Å². The average Bonchev–Trinajstić information content (AvgIpc) is 2.16. The number of benzene rings is 1. The fourth-order valence-corrected chi connectivity index (χ4v) is 1.57. The van der Waals surface area contributed by atoms with Gasteiger partial charge in [0, 0.05) is 5.33 Å². The minimum absolute atomic E-state index is 0.224.